The van der Waals surface area contributed by atoms with E-state index in [1.54, 1.807) is 21.3 Å². The highest BCUT2D eigenvalue weighted by atomic mass is 16.5. The van der Waals surface area contributed by atoms with Crippen molar-refractivity contribution in [3.63, 3.8) is 0 Å². The van der Waals surface area contributed by atoms with Crippen molar-refractivity contribution < 1.29 is 14.2 Å². The van der Waals surface area contributed by atoms with Crippen LogP contribution in [-0.2, 0) is 4.74 Å². The van der Waals surface area contributed by atoms with Crippen molar-refractivity contribution in [2.45, 2.75) is 31.9 Å². The average molecular weight is 253 g/mol. The van der Waals surface area contributed by atoms with Gasteiger partial charge in [0, 0.05) is 7.11 Å². The molecule has 2 unspecified atom stereocenters. The quantitative estimate of drug-likeness (QED) is 0.811. The van der Waals surface area contributed by atoms with E-state index >= 15 is 0 Å². The van der Waals surface area contributed by atoms with Crippen molar-refractivity contribution in [2.75, 3.05) is 21.3 Å². The maximum absolute atomic E-state index is 6.30. The predicted octanol–water partition coefficient (Wildman–Crippen LogP) is 2.52. The maximum atomic E-state index is 6.30. The van der Waals surface area contributed by atoms with E-state index in [0.29, 0.717) is 0 Å². The van der Waals surface area contributed by atoms with Gasteiger partial charge in [0.15, 0.2) is 0 Å². The summed E-state index contributed by atoms with van der Waals surface area (Å²) in [5.74, 6) is 1.47. The van der Waals surface area contributed by atoms with Gasteiger partial charge in [-0.1, -0.05) is 19.4 Å². The lowest BCUT2D eigenvalue weighted by Gasteiger charge is -2.25. The molecule has 1 rings (SSSR count). The number of rotatable bonds is 7. The monoisotopic (exact) mass is 253 g/mol. The van der Waals surface area contributed by atoms with Crippen molar-refractivity contribution in [2.24, 2.45) is 5.73 Å². The standard InChI is InChI=1S/C14H23NO3/c1-5-7-12(18-4)14(15)13-10(16-2)8-6-9-11(13)17-3/h6,8-9,12,14H,5,7,15H2,1-4H3. The number of methoxy groups -OCH3 is 3. The summed E-state index contributed by atoms with van der Waals surface area (Å²) in [5.41, 5.74) is 7.17. The van der Waals surface area contributed by atoms with E-state index in [1.807, 2.05) is 18.2 Å². The third-order valence-electron chi connectivity index (χ3n) is 3.08. The molecule has 2 atom stereocenters. The van der Waals surface area contributed by atoms with Crippen LogP contribution in [0.15, 0.2) is 18.2 Å². The second kappa shape index (κ2) is 7.24. The molecule has 1 aromatic rings. The fourth-order valence-corrected chi connectivity index (χ4v) is 2.12. The third-order valence-corrected chi connectivity index (χ3v) is 3.08. The van der Waals surface area contributed by atoms with Crippen LogP contribution in [0.4, 0.5) is 0 Å². The second-order valence-corrected chi connectivity index (χ2v) is 4.16. The summed E-state index contributed by atoms with van der Waals surface area (Å²) >= 11 is 0. The molecule has 0 spiro atoms. The molecule has 102 valence electrons. The maximum Gasteiger partial charge on any atom is 0.127 e. The molecule has 4 nitrogen and oxygen atoms in total. The van der Waals surface area contributed by atoms with Gasteiger partial charge in [-0.3, -0.25) is 0 Å². The van der Waals surface area contributed by atoms with Crippen molar-refractivity contribution in [1.29, 1.82) is 0 Å². The Bertz CT molecular complexity index is 346. The first-order chi connectivity index (χ1) is 8.69. The molecule has 0 saturated heterocycles. The lowest BCUT2D eigenvalue weighted by molar-refractivity contribution is 0.0710. The summed E-state index contributed by atoms with van der Waals surface area (Å²) < 4.78 is 16.2. The Morgan fingerprint density at radius 1 is 1.11 bits per heavy atom. The summed E-state index contributed by atoms with van der Waals surface area (Å²) in [6.07, 6.45) is 1.88. The molecule has 0 radical (unpaired) electrons. The van der Waals surface area contributed by atoms with Gasteiger partial charge in [0.1, 0.15) is 11.5 Å². The number of hydrogen-bond acceptors (Lipinski definition) is 4. The van der Waals surface area contributed by atoms with Gasteiger partial charge in [-0.2, -0.15) is 0 Å². The van der Waals surface area contributed by atoms with E-state index in [1.165, 1.54) is 0 Å². The Hall–Kier alpha value is -1.26. The van der Waals surface area contributed by atoms with Crippen LogP contribution in [0.25, 0.3) is 0 Å². The van der Waals surface area contributed by atoms with Gasteiger partial charge in [-0.25, -0.2) is 0 Å². The number of nitrogens with two attached hydrogens (primary N) is 1. The molecule has 1 aromatic carbocycles. The zero-order valence-electron chi connectivity index (χ0n) is 11.6. The van der Waals surface area contributed by atoms with Crippen molar-refractivity contribution in [3.05, 3.63) is 23.8 Å². The average Bonchev–Trinajstić information content (AvgIpc) is 2.42. The van der Waals surface area contributed by atoms with Gasteiger partial charge in [-0.05, 0) is 18.6 Å². The largest absolute Gasteiger partial charge is 0.496 e. The Balaban J connectivity index is 3.12. The van der Waals surface area contributed by atoms with Crippen molar-refractivity contribution in [1.82, 2.24) is 0 Å². The minimum absolute atomic E-state index is 0.0415. The van der Waals surface area contributed by atoms with Crippen LogP contribution in [0.3, 0.4) is 0 Å². The summed E-state index contributed by atoms with van der Waals surface area (Å²) in [6, 6.07) is 5.39. The Kier molecular flexibility index (Phi) is 5.95. The third kappa shape index (κ3) is 3.15. The molecule has 18 heavy (non-hydrogen) atoms. The highest BCUT2D eigenvalue weighted by Gasteiger charge is 2.24. The SMILES string of the molecule is CCCC(OC)C(N)c1c(OC)cccc1OC. The van der Waals surface area contributed by atoms with E-state index in [-0.39, 0.29) is 12.1 Å². The van der Waals surface area contributed by atoms with Gasteiger partial charge in [0.25, 0.3) is 0 Å². The highest BCUT2D eigenvalue weighted by Crippen LogP contribution is 2.35. The minimum Gasteiger partial charge on any atom is -0.496 e. The lowest BCUT2D eigenvalue weighted by Crippen LogP contribution is -2.28. The smallest absolute Gasteiger partial charge is 0.127 e. The summed E-state index contributed by atoms with van der Waals surface area (Å²) in [6.45, 7) is 2.11. The number of hydrogen-bond donors (Lipinski definition) is 1. The van der Waals surface area contributed by atoms with Gasteiger partial charge < -0.3 is 19.9 Å². The Labute approximate surface area is 109 Å². The van der Waals surface area contributed by atoms with E-state index in [2.05, 4.69) is 6.92 Å². The first-order valence-electron chi connectivity index (χ1n) is 6.18. The second-order valence-electron chi connectivity index (χ2n) is 4.16. The molecule has 4 heteroatoms. The molecule has 0 aliphatic carbocycles. The summed E-state index contributed by atoms with van der Waals surface area (Å²) in [4.78, 5) is 0. The fraction of sp³-hybridized carbons (Fsp3) is 0.571. The summed E-state index contributed by atoms with van der Waals surface area (Å²) in [5, 5.41) is 0. The van der Waals surface area contributed by atoms with Gasteiger partial charge >= 0.3 is 0 Å². The molecule has 0 saturated carbocycles. The van der Waals surface area contributed by atoms with Crippen LogP contribution < -0.4 is 15.2 Å². The molecule has 0 aliphatic rings. The topological polar surface area (TPSA) is 53.7 Å². The van der Waals surface area contributed by atoms with Crippen LogP contribution in [0, 0.1) is 0 Å². The van der Waals surface area contributed by atoms with Crippen LogP contribution in [-0.4, -0.2) is 27.4 Å². The lowest BCUT2D eigenvalue weighted by atomic mass is 9.97. The predicted molar refractivity (Wildman–Crippen MR) is 72.2 cm³/mol. The molecular formula is C14H23NO3. The zero-order chi connectivity index (χ0) is 13.5. The van der Waals surface area contributed by atoms with Crippen LogP contribution in [0.1, 0.15) is 31.4 Å². The summed E-state index contributed by atoms with van der Waals surface area (Å²) in [7, 11) is 4.95. The molecule has 0 fully saturated rings. The minimum atomic E-state index is -0.263. The molecule has 0 amide bonds. The first-order valence-corrected chi connectivity index (χ1v) is 6.18. The number of benzene rings is 1. The van der Waals surface area contributed by atoms with E-state index in [4.69, 9.17) is 19.9 Å². The Morgan fingerprint density at radius 2 is 1.67 bits per heavy atom. The number of ether oxygens (including phenoxy) is 3. The molecule has 2 N–H and O–H groups in total. The normalized spacial score (nSPS) is 14.1. The van der Waals surface area contributed by atoms with E-state index in [9.17, 15) is 0 Å². The van der Waals surface area contributed by atoms with Crippen molar-refractivity contribution in [3.8, 4) is 11.5 Å². The molecule has 0 aromatic heterocycles. The van der Waals surface area contributed by atoms with E-state index < -0.39 is 0 Å². The van der Waals surface area contributed by atoms with Crippen LogP contribution in [0.2, 0.25) is 0 Å². The fourth-order valence-electron chi connectivity index (χ4n) is 2.12. The zero-order valence-corrected chi connectivity index (χ0v) is 11.6. The molecule has 0 aliphatic heterocycles. The highest BCUT2D eigenvalue weighted by molar-refractivity contribution is 5.47. The van der Waals surface area contributed by atoms with Crippen LogP contribution in [0.5, 0.6) is 11.5 Å². The van der Waals surface area contributed by atoms with Crippen molar-refractivity contribution >= 4 is 0 Å². The molecule has 0 heterocycles. The molecular weight excluding hydrogens is 230 g/mol. The Morgan fingerprint density at radius 3 is 2.06 bits per heavy atom. The van der Waals surface area contributed by atoms with Gasteiger partial charge in [-0.15, -0.1) is 0 Å². The van der Waals surface area contributed by atoms with Gasteiger partial charge in [0.2, 0.25) is 0 Å². The van der Waals surface area contributed by atoms with Gasteiger partial charge in [0.05, 0.1) is 31.9 Å². The first kappa shape index (κ1) is 14.8. The van der Waals surface area contributed by atoms with E-state index in [0.717, 1.165) is 29.9 Å². The van der Waals surface area contributed by atoms with Crippen LogP contribution >= 0.6 is 0 Å². The molecule has 0 bridgehead atoms.